The number of nitrogens with zero attached hydrogens (tertiary/aromatic N) is 1. The Morgan fingerprint density at radius 1 is 1.27 bits per heavy atom. The second-order valence-electron chi connectivity index (χ2n) is 4.86. The van der Waals surface area contributed by atoms with E-state index in [1.54, 1.807) is 25.4 Å². The lowest BCUT2D eigenvalue weighted by molar-refractivity contribution is -0.111. The number of amides is 1. The molecule has 0 fully saturated rings. The molecule has 1 heterocycles. The van der Waals surface area contributed by atoms with Gasteiger partial charge in [0.25, 0.3) is 0 Å². The molecule has 4 nitrogen and oxygen atoms in total. The minimum absolute atomic E-state index is 0.218. The van der Waals surface area contributed by atoms with E-state index in [1.165, 1.54) is 6.08 Å². The lowest BCUT2D eigenvalue weighted by Crippen LogP contribution is -2.09. The van der Waals surface area contributed by atoms with Crippen LogP contribution < -0.4 is 10.1 Å². The zero-order chi connectivity index (χ0) is 16.1. The molecule has 0 atom stereocenters. The van der Waals surface area contributed by atoms with E-state index < -0.39 is 0 Å². The van der Waals surface area contributed by atoms with E-state index in [4.69, 9.17) is 4.74 Å². The van der Waals surface area contributed by atoms with Crippen LogP contribution in [0.15, 0.2) is 41.0 Å². The number of anilines is 1. The van der Waals surface area contributed by atoms with E-state index >= 15 is 0 Å². The first-order valence-electron chi connectivity index (χ1n) is 6.75. The van der Waals surface area contributed by atoms with Gasteiger partial charge in [-0.25, -0.2) is 4.98 Å². The molecule has 0 spiro atoms. The molecule has 114 valence electrons. The largest absolute Gasteiger partial charge is 0.497 e. The highest BCUT2D eigenvalue weighted by Gasteiger charge is 2.04. The van der Waals surface area contributed by atoms with Gasteiger partial charge in [0.05, 0.1) is 7.11 Å². The number of hydrogen-bond donors (Lipinski definition) is 1. The monoisotopic (exact) mass is 360 g/mol. The summed E-state index contributed by atoms with van der Waals surface area (Å²) in [5.41, 5.74) is 3.13. The van der Waals surface area contributed by atoms with Crippen molar-refractivity contribution >= 4 is 33.7 Å². The summed E-state index contributed by atoms with van der Waals surface area (Å²) in [4.78, 5) is 16.0. The van der Waals surface area contributed by atoms with Crippen LogP contribution in [0.3, 0.4) is 0 Å². The maximum atomic E-state index is 11.9. The fraction of sp³-hybridized carbons (Fsp3) is 0.176. The second-order valence-corrected chi connectivity index (χ2v) is 5.77. The number of methoxy groups -OCH3 is 1. The molecule has 0 saturated heterocycles. The summed E-state index contributed by atoms with van der Waals surface area (Å²) >= 11 is 3.30. The Bertz CT molecular complexity index is 686. The van der Waals surface area contributed by atoms with Gasteiger partial charge >= 0.3 is 0 Å². The highest BCUT2D eigenvalue weighted by molar-refractivity contribution is 9.10. The third kappa shape index (κ3) is 4.18. The standard InChI is InChI=1S/C17H17BrN2O2/c1-11-8-14(22-3)9-12(2)15(11)5-7-17(21)20-16-6-4-13(18)10-19-16/h4-10H,1-3H3,(H,19,20,21)/b7-5+. The number of carbonyl (C=O) groups is 1. The molecule has 1 aromatic carbocycles. The summed E-state index contributed by atoms with van der Waals surface area (Å²) in [7, 11) is 1.64. The van der Waals surface area contributed by atoms with Crippen molar-refractivity contribution in [3.05, 3.63) is 57.7 Å². The van der Waals surface area contributed by atoms with Gasteiger partial charge in [-0.1, -0.05) is 0 Å². The van der Waals surface area contributed by atoms with E-state index in [1.807, 2.05) is 32.0 Å². The van der Waals surface area contributed by atoms with Gasteiger partial charge in [-0.05, 0) is 76.8 Å². The van der Waals surface area contributed by atoms with Crippen LogP contribution in [-0.4, -0.2) is 18.0 Å². The molecule has 0 aliphatic carbocycles. The minimum atomic E-state index is -0.218. The SMILES string of the molecule is COc1cc(C)c(/C=C/C(=O)Nc2ccc(Br)cn2)c(C)c1. The van der Waals surface area contributed by atoms with Crippen LogP contribution in [0, 0.1) is 13.8 Å². The molecule has 0 unspecified atom stereocenters. The summed E-state index contributed by atoms with van der Waals surface area (Å²) in [6, 6.07) is 7.45. The average Bonchev–Trinajstić information content (AvgIpc) is 2.48. The van der Waals surface area contributed by atoms with E-state index in [0.29, 0.717) is 5.82 Å². The molecule has 0 saturated carbocycles. The fourth-order valence-corrected chi connectivity index (χ4v) is 2.33. The van der Waals surface area contributed by atoms with E-state index in [-0.39, 0.29) is 5.91 Å². The van der Waals surface area contributed by atoms with E-state index in [2.05, 4.69) is 26.2 Å². The van der Waals surface area contributed by atoms with E-state index in [0.717, 1.165) is 26.9 Å². The van der Waals surface area contributed by atoms with Crippen LogP contribution in [-0.2, 0) is 4.79 Å². The predicted molar refractivity (Wildman–Crippen MR) is 92.1 cm³/mol. The molecule has 0 radical (unpaired) electrons. The average molecular weight is 361 g/mol. The third-order valence-electron chi connectivity index (χ3n) is 3.18. The summed E-state index contributed by atoms with van der Waals surface area (Å²) in [5, 5.41) is 2.72. The number of aryl methyl sites for hydroxylation is 2. The predicted octanol–water partition coefficient (Wildman–Crippen LogP) is 4.12. The first-order valence-corrected chi connectivity index (χ1v) is 7.55. The maximum absolute atomic E-state index is 11.9. The molecule has 1 N–H and O–H groups in total. The Kier molecular flexibility index (Phi) is 5.33. The van der Waals surface area contributed by atoms with Gasteiger partial charge in [-0.15, -0.1) is 0 Å². The summed E-state index contributed by atoms with van der Waals surface area (Å²) in [6.45, 7) is 3.98. The van der Waals surface area contributed by atoms with Gasteiger partial charge in [-0.3, -0.25) is 4.79 Å². The second kappa shape index (κ2) is 7.22. The number of benzene rings is 1. The third-order valence-corrected chi connectivity index (χ3v) is 3.65. The van der Waals surface area contributed by atoms with Gasteiger partial charge in [0, 0.05) is 16.7 Å². The Balaban J connectivity index is 2.11. The van der Waals surface area contributed by atoms with Crippen LogP contribution in [0.5, 0.6) is 5.75 Å². The van der Waals surface area contributed by atoms with Crippen molar-refractivity contribution in [1.82, 2.24) is 4.98 Å². The van der Waals surface area contributed by atoms with Crippen molar-refractivity contribution in [1.29, 1.82) is 0 Å². The van der Waals surface area contributed by atoms with Gasteiger partial charge < -0.3 is 10.1 Å². The van der Waals surface area contributed by atoms with Gasteiger partial charge in [0.1, 0.15) is 11.6 Å². The normalized spacial score (nSPS) is 10.7. The van der Waals surface area contributed by atoms with E-state index in [9.17, 15) is 4.79 Å². The van der Waals surface area contributed by atoms with Gasteiger partial charge in [0.2, 0.25) is 5.91 Å². The lowest BCUT2D eigenvalue weighted by Gasteiger charge is -2.08. The van der Waals surface area contributed by atoms with Crippen molar-refractivity contribution in [2.24, 2.45) is 0 Å². The lowest BCUT2D eigenvalue weighted by atomic mass is 10.0. The van der Waals surface area contributed by atoms with Crippen LogP contribution in [0.2, 0.25) is 0 Å². The van der Waals surface area contributed by atoms with Crippen LogP contribution in [0.1, 0.15) is 16.7 Å². The number of pyridine rings is 1. The molecule has 0 aliphatic rings. The summed E-state index contributed by atoms with van der Waals surface area (Å²) < 4.78 is 6.10. The Morgan fingerprint density at radius 3 is 2.50 bits per heavy atom. The van der Waals surface area contributed by atoms with Crippen molar-refractivity contribution in [2.75, 3.05) is 12.4 Å². The van der Waals surface area contributed by atoms with Crippen molar-refractivity contribution in [3.63, 3.8) is 0 Å². The Labute approximate surface area is 138 Å². The van der Waals surface area contributed by atoms with Crippen molar-refractivity contribution in [3.8, 4) is 5.75 Å². The van der Waals surface area contributed by atoms with Crippen molar-refractivity contribution in [2.45, 2.75) is 13.8 Å². The smallest absolute Gasteiger partial charge is 0.249 e. The zero-order valence-electron chi connectivity index (χ0n) is 12.7. The molecule has 1 amide bonds. The zero-order valence-corrected chi connectivity index (χ0v) is 14.3. The number of rotatable bonds is 4. The number of halogens is 1. The number of nitrogens with one attached hydrogen (secondary N) is 1. The molecule has 2 aromatic rings. The maximum Gasteiger partial charge on any atom is 0.249 e. The quantitative estimate of drug-likeness (QED) is 0.834. The number of ether oxygens (including phenoxy) is 1. The molecule has 22 heavy (non-hydrogen) atoms. The molecular formula is C17H17BrN2O2. The molecule has 2 rings (SSSR count). The Hall–Kier alpha value is -2.14. The number of aromatic nitrogens is 1. The minimum Gasteiger partial charge on any atom is -0.497 e. The van der Waals surface area contributed by atoms with Crippen molar-refractivity contribution < 1.29 is 9.53 Å². The first kappa shape index (κ1) is 16.2. The van der Waals surface area contributed by atoms with Gasteiger partial charge in [-0.2, -0.15) is 0 Å². The molecule has 5 heteroatoms. The summed E-state index contributed by atoms with van der Waals surface area (Å²) in [6.07, 6.45) is 4.95. The van der Waals surface area contributed by atoms with Crippen LogP contribution in [0.4, 0.5) is 5.82 Å². The molecule has 1 aromatic heterocycles. The topological polar surface area (TPSA) is 51.2 Å². The molecular weight excluding hydrogens is 344 g/mol. The highest BCUT2D eigenvalue weighted by Crippen LogP contribution is 2.22. The van der Waals surface area contributed by atoms with Crippen LogP contribution in [0.25, 0.3) is 6.08 Å². The first-order chi connectivity index (χ1) is 10.5. The number of carbonyl (C=O) groups excluding carboxylic acids is 1. The highest BCUT2D eigenvalue weighted by atomic mass is 79.9. The fourth-order valence-electron chi connectivity index (χ4n) is 2.09. The molecule has 0 bridgehead atoms. The summed E-state index contributed by atoms with van der Waals surface area (Å²) in [5.74, 6) is 1.11. The Morgan fingerprint density at radius 2 is 1.95 bits per heavy atom. The molecule has 0 aliphatic heterocycles. The number of hydrogen-bond acceptors (Lipinski definition) is 3. The van der Waals surface area contributed by atoms with Crippen LogP contribution >= 0.6 is 15.9 Å². The van der Waals surface area contributed by atoms with Gasteiger partial charge in [0.15, 0.2) is 0 Å².